The first-order chi connectivity index (χ1) is 19.9. The van der Waals surface area contributed by atoms with Crippen LogP contribution in [-0.4, -0.2) is 59.3 Å². The maximum Gasteiger partial charge on any atom is 0.233 e. The standard InChI is InChI=1S/C30H32N8O3/c1-2-25(39)26(40)14-22-27(19-12-20-9-10-21(13-19)37(20)30(32)36-41)35-29-23(16-34-38(29)28(22)31)18-8-11-24(33-15-18)17-6-4-3-5-7-17/h3-8,11,15-16,19-21,41H,2,9-10,12-14,31H2,1H3,(H2,32,36). The zero-order valence-corrected chi connectivity index (χ0v) is 22.8. The second-order valence-electron chi connectivity index (χ2n) is 10.7. The summed E-state index contributed by atoms with van der Waals surface area (Å²) >= 11 is 0. The number of nitrogens with zero attached hydrogens (tertiary/aromatic N) is 6. The summed E-state index contributed by atoms with van der Waals surface area (Å²) in [5.74, 6) is -0.543. The Balaban J connectivity index is 1.43. The fraction of sp³-hybridized carbons (Fsp3) is 0.333. The fourth-order valence-electron chi connectivity index (χ4n) is 6.40. The van der Waals surface area contributed by atoms with E-state index in [-0.39, 0.29) is 36.8 Å². The van der Waals surface area contributed by atoms with Gasteiger partial charge in [-0.3, -0.25) is 14.6 Å². The van der Waals surface area contributed by atoms with Crippen LogP contribution in [0.4, 0.5) is 5.82 Å². The number of carbonyl (C=O) groups is 2. The van der Waals surface area contributed by atoms with E-state index >= 15 is 0 Å². The third kappa shape index (κ3) is 4.66. The van der Waals surface area contributed by atoms with Crippen LogP contribution in [-0.2, 0) is 16.0 Å². The minimum Gasteiger partial charge on any atom is -0.408 e. The number of ketones is 2. The predicted molar refractivity (Wildman–Crippen MR) is 154 cm³/mol. The number of anilines is 1. The lowest BCUT2D eigenvalue weighted by molar-refractivity contribution is -0.136. The van der Waals surface area contributed by atoms with Crippen molar-refractivity contribution in [1.82, 2.24) is 24.5 Å². The van der Waals surface area contributed by atoms with Crippen molar-refractivity contribution in [3.8, 4) is 22.4 Å². The Morgan fingerprint density at radius 3 is 2.39 bits per heavy atom. The Morgan fingerprint density at radius 2 is 1.76 bits per heavy atom. The van der Waals surface area contributed by atoms with Gasteiger partial charge in [0.1, 0.15) is 5.82 Å². The summed E-state index contributed by atoms with van der Waals surface area (Å²) in [6.45, 7) is 1.67. The van der Waals surface area contributed by atoms with E-state index in [4.69, 9.17) is 16.5 Å². The highest BCUT2D eigenvalue weighted by molar-refractivity contribution is 6.37. The summed E-state index contributed by atoms with van der Waals surface area (Å²) in [6.07, 6.45) is 6.73. The van der Waals surface area contributed by atoms with Gasteiger partial charge < -0.3 is 21.6 Å². The molecule has 210 valence electrons. The molecule has 0 amide bonds. The molecule has 2 unspecified atom stereocenters. The van der Waals surface area contributed by atoms with Crippen molar-refractivity contribution in [2.75, 3.05) is 5.73 Å². The highest BCUT2D eigenvalue weighted by Gasteiger charge is 2.44. The van der Waals surface area contributed by atoms with Gasteiger partial charge in [0.2, 0.25) is 11.7 Å². The SMILES string of the molecule is CCC(=O)C(=O)Cc1c(C2CC3CCC(C2)N3C(N)=NO)nc2c(-c3ccc(-c4ccccc4)nc3)cnn2c1N. The topological polar surface area (TPSA) is 165 Å². The number of benzene rings is 1. The second-order valence-corrected chi connectivity index (χ2v) is 10.7. The molecule has 2 aliphatic rings. The van der Waals surface area contributed by atoms with Crippen molar-refractivity contribution in [3.05, 3.63) is 66.1 Å². The van der Waals surface area contributed by atoms with E-state index in [9.17, 15) is 14.8 Å². The minimum absolute atomic E-state index is 0.0246. The van der Waals surface area contributed by atoms with Crippen LogP contribution in [0.3, 0.4) is 0 Å². The summed E-state index contributed by atoms with van der Waals surface area (Å²) in [7, 11) is 0. The molecule has 2 aliphatic heterocycles. The van der Waals surface area contributed by atoms with Crippen molar-refractivity contribution in [1.29, 1.82) is 0 Å². The third-order valence-corrected chi connectivity index (χ3v) is 8.42. The highest BCUT2D eigenvalue weighted by Crippen LogP contribution is 2.44. The van der Waals surface area contributed by atoms with Crippen LogP contribution in [0.5, 0.6) is 0 Å². The van der Waals surface area contributed by atoms with Gasteiger partial charge >= 0.3 is 0 Å². The fourth-order valence-corrected chi connectivity index (χ4v) is 6.40. The van der Waals surface area contributed by atoms with Gasteiger partial charge in [-0.05, 0) is 31.7 Å². The first-order valence-corrected chi connectivity index (χ1v) is 13.9. The van der Waals surface area contributed by atoms with E-state index in [1.165, 1.54) is 0 Å². The molecule has 0 radical (unpaired) electrons. The van der Waals surface area contributed by atoms with Gasteiger partial charge in [-0.25, -0.2) is 4.98 Å². The molecule has 5 N–H and O–H groups in total. The molecule has 0 spiro atoms. The molecule has 2 bridgehead atoms. The molecule has 2 fully saturated rings. The van der Waals surface area contributed by atoms with E-state index < -0.39 is 11.6 Å². The normalized spacial score (nSPS) is 20.5. The number of guanidine groups is 1. The summed E-state index contributed by atoms with van der Waals surface area (Å²) in [5.41, 5.74) is 18.0. The summed E-state index contributed by atoms with van der Waals surface area (Å²) in [5, 5.41) is 17.1. The lowest BCUT2D eigenvalue weighted by atomic mass is 9.85. The quantitative estimate of drug-likeness (QED) is 0.102. The lowest BCUT2D eigenvalue weighted by Crippen LogP contribution is -2.49. The van der Waals surface area contributed by atoms with Gasteiger partial charge in [0.15, 0.2) is 11.4 Å². The van der Waals surface area contributed by atoms with E-state index in [1.807, 2.05) is 47.4 Å². The van der Waals surface area contributed by atoms with Crippen LogP contribution in [0.1, 0.15) is 56.2 Å². The van der Waals surface area contributed by atoms with Crippen molar-refractivity contribution >= 4 is 29.0 Å². The van der Waals surface area contributed by atoms with Gasteiger partial charge in [-0.15, -0.1) is 0 Å². The number of nitrogen functional groups attached to an aromatic ring is 1. The molecule has 1 aromatic carbocycles. The molecule has 6 rings (SSSR count). The number of nitrogens with two attached hydrogens (primary N) is 2. The van der Waals surface area contributed by atoms with Crippen LogP contribution in [0.2, 0.25) is 0 Å². The lowest BCUT2D eigenvalue weighted by Gasteiger charge is -2.39. The van der Waals surface area contributed by atoms with Crippen LogP contribution in [0.25, 0.3) is 28.0 Å². The zero-order chi connectivity index (χ0) is 28.7. The number of hydrogen-bond acceptors (Lipinski definition) is 8. The van der Waals surface area contributed by atoms with Crippen LogP contribution in [0.15, 0.2) is 60.0 Å². The van der Waals surface area contributed by atoms with E-state index in [0.29, 0.717) is 35.6 Å². The van der Waals surface area contributed by atoms with Crippen molar-refractivity contribution < 1.29 is 14.8 Å². The number of Topliss-reactive ketones (excluding diaryl/α,β-unsaturated/α-hetero) is 2. The molecular formula is C30H32N8O3. The number of piperidine rings is 1. The van der Waals surface area contributed by atoms with Gasteiger partial charge in [0.05, 0.1) is 17.6 Å². The van der Waals surface area contributed by atoms with Gasteiger partial charge in [-0.1, -0.05) is 48.5 Å². The summed E-state index contributed by atoms with van der Waals surface area (Å²) in [6, 6.07) is 14.0. The number of aromatic nitrogens is 4. The Morgan fingerprint density at radius 1 is 1.02 bits per heavy atom. The van der Waals surface area contributed by atoms with E-state index in [1.54, 1.807) is 23.8 Å². The molecule has 3 aromatic heterocycles. The summed E-state index contributed by atoms with van der Waals surface area (Å²) in [4.78, 5) is 36.8. The van der Waals surface area contributed by atoms with Crippen molar-refractivity contribution in [2.24, 2.45) is 10.9 Å². The molecule has 2 saturated heterocycles. The Hall–Kier alpha value is -4.80. The number of hydrogen-bond donors (Lipinski definition) is 3. The molecule has 2 atom stereocenters. The predicted octanol–water partition coefficient (Wildman–Crippen LogP) is 3.55. The minimum atomic E-state index is -0.494. The van der Waals surface area contributed by atoms with Crippen LogP contribution < -0.4 is 11.5 Å². The molecule has 11 heteroatoms. The largest absolute Gasteiger partial charge is 0.408 e. The van der Waals surface area contributed by atoms with Gasteiger partial charge in [-0.2, -0.15) is 9.61 Å². The number of fused-ring (bicyclic) bond motifs is 3. The number of rotatable bonds is 7. The zero-order valence-electron chi connectivity index (χ0n) is 22.8. The monoisotopic (exact) mass is 552 g/mol. The average Bonchev–Trinajstić information content (AvgIpc) is 3.55. The Labute approximate surface area is 236 Å². The second kappa shape index (κ2) is 10.6. The van der Waals surface area contributed by atoms with Gasteiger partial charge in [0, 0.05) is 59.3 Å². The maximum absolute atomic E-state index is 12.8. The van der Waals surface area contributed by atoms with Crippen molar-refractivity contribution in [3.63, 3.8) is 0 Å². The van der Waals surface area contributed by atoms with Crippen LogP contribution in [0, 0.1) is 0 Å². The van der Waals surface area contributed by atoms with Crippen molar-refractivity contribution in [2.45, 2.75) is 63.5 Å². The molecule has 41 heavy (non-hydrogen) atoms. The first-order valence-electron chi connectivity index (χ1n) is 13.9. The molecule has 4 aromatic rings. The number of oxime groups is 1. The molecule has 0 saturated carbocycles. The van der Waals surface area contributed by atoms with Gasteiger partial charge in [0.25, 0.3) is 0 Å². The third-order valence-electron chi connectivity index (χ3n) is 8.42. The average molecular weight is 553 g/mol. The summed E-state index contributed by atoms with van der Waals surface area (Å²) < 4.78 is 1.54. The molecule has 0 aliphatic carbocycles. The smallest absolute Gasteiger partial charge is 0.233 e. The number of carbonyl (C=O) groups excluding carboxylic acids is 2. The highest BCUT2D eigenvalue weighted by atomic mass is 16.4. The maximum atomic E-state index is 12.8. The first kappa shape index (κ1) is 26.4. The van der Waals surface area contributed by atoms with E-state index in [0.717, 1.165) is 35.2 Å². The van der Waals surface area contributed by atoms with E-state index in [2.05, 4.69) is 15.2 Å². The molecular weight excluding hydrogens is 520 g/mol. The molecule has 11 nitrogen and oxygen atoms in total. The Kier molecular flexibility index (Phi) is 6.86. The molecule has 5 heterocycles. The number of pyridine rings is 1. The Bertz CT molecular complexity index is 1630. The van der Waals surface area contributed by atoms with Crippen LogP contribution >= 0.6 is 0 Å².